The molecule has 8 heteroatoms. The Morgan fingerprint density at radius 1 is 0.844 bits per heavy atom. The fraction of sp³-hybridized carbons (Fsp3) is 0.250. The first-order valence-corrected chi connectivity index (χ1v) is 12.0. The topological polar surface area (TPSA) is 83.8 Å². The van der Waals surface area contributed by atoms with Gasteiger partial charge in [-0.1, -0.05) is 60.7 Å². The summed E-state index contributed by atoms with van der Waals surface area (Å²) in [5.41, 5.74) is 2.19. The summed E-state index contributed by atoms with van der Waals surface area (Å²) < 4.78 is 27.3. The van der Waals surface area contributed by atoms with Crippen LogP contribution in [0.15, 0.2) is 83.8 Å². The Hall–Kier alpha value is -3.23. The van der Waals surface area contributed by atoms with Crippen molar-refractivity contribution < 1.29 is 13.3 Å². The van der Waals surface area contributed by atoms with E-state index in [9.17, 15) is 18.5 Å². The molecule has 0 spiro atoms. The van der Waals surface area contributed by atoms with Gasteiger partial charge in [-0.2, -0.15) is 4.31 Å². The Balaban J connectivity index is 1.74. The molecule has 1 aliphatic rings. The maximum atomic E-state index is 13.0. The molecule has 1 saturated heterocycles. The molecule has 0 atom stereocenters. The lowest BCUT2D eigenvalue weighted by molar-refractivity contribution is -0.384. The molecule has 1 heterocycles. The Kier molecular flexibility index (Phi) is 6.53. The molecular weight excluding hydrogens is 426 g/mol. The first kappa shape index (κ1) is 22.0. The van der Waals surface area contributed by atoms with Crippen LogP contribution in [0.3, 0.4) is 0 Å². The van der Waals surface area contributed by atoms with Gasteiger partial charge in [0.2, 0.25) is 10.0 Å². The van der Waals surface area contributed by atoms with Crippen LogP contribution >= 0.6 is 0 Å². The molecule has 0 aliphatic carbocycles. The molecule has 3 aromatic carbocycles. The molecule has 0 aromatic heterocycles. The molecular formula is C24H25N3O4S. The van der Waals surface area contributed by atoms with Crippen LogP contribution in [0, 0.1) is 10.1 Å². The summed E-state index contributed by atoms with van der Waals surface area (Å²) in [7, 11) is -3.74. The predicted octanol–water partition coefficient (Wildman–Crippen LogP) is 4.59. The van der Waals surface area contributed by atoms with Gasteiger partial charge in [-0.3, -0.25) is 10.1 Å². The highest BCUT2D eigenvalue weighted by molar-refractivity contribution is 7.89. The lowest BCUT2D eigenvalue weighted by atomic mass is 10.1. The highest BCUT2D eigenvalue weighted by Crippen LogP contribution is 2.34. The highest BCUT2D eigenvalue weighted by Gasteiger charge is 2.30. The number of sulfonamides is 1. The first-order chi connectivity index (χ1) is 15.4. The van der Waals surface area contributed by atoms with E-state index in [0.29, 0.717) is 31.9 Å². The monoisotopic (exact) mass is 451 g/mol. The summed E-state index contributed by atoms with van der Waals surface area (Å²) in [6.45, 7) is 1.81. The van der Waals surface area contributed by atoms with Gasteiger partial charge in [-0.25, -0.2) is 8.42 Å². The van der Waals surface area contributed by atoms with Gasteiger partial charge in [0, 0.05) is 32.2 Å². The van der Waals surface area contributed by atoms with E-state index in [1.807, 2.05) is 65.6 Å². The van der Waals surface area contributed by atoms with Crippen LogP contribution < -0.4 is 4.90 Å². The number of rotatable bonds is 8. The van der Waals surface area contributed by atoms with Crippen LogP contribution in [0.5, 0.6) is 0 Å². The lowest BCUT2D eigenvalue weighted by Gasteiger charge is -2.25. The van der Waals surface area contributed by atoms with E-state index in [0.717, 1.165) is 24.0 Å². The summed E-state index contributed by atoms with van der Waals surface area (Å²) >= 11 is 0. The van der Waals surface area contributed by atoms with Crippen LogP contribution in [0.1, 0.15) is 24.0 Å². The second kappa shape index (κ2) is 9.50. The van der Waals surface area contributed by atoms with Crippen molar-refractivity contribution in [2.75, 3.05) is 18.0 Å². The number of anilines is 1. The van der Waals surface area contributed by atoms with Crippen molar-refractivity contribution in [3.8, 4) is 0 Å². The van der Waals surface area contributed by atoms with E-state index in [2.05, 4.69) is 0 Å². The normalized spacial score (nSPS) is 14.4. The van der Waals surface area contributed by atoms with Gasteiger partial charge < -0.3 is 4.90 Å². The zero-order valence-electron chi connectivity index (χ0n) is 17.6. The third kappa shape index (κ3) is 4.81. The molecule has 0 bridgehead atoms. The Morgan fingerprint density at radius 2 is 1.38 bits per heavy atom. The van der Waals surface area contributed by atoms with E-state index in [1.165, 1.54) is 16.4 Å². The average Bonchev–Trinajstić information content (AvgIpc) is 3.36. The van der Waals surface area contributed by atoms with Gasteiger partial charge >= 0.3 is 0 Å². The number of nitro groups is 1. The minimum absolute atomic E-state index is 0.0331. The molecule has 0 radical (unpaired) electrons. The first-order valence-electron chi connectivity index (χ1n) is 10.6. The second-order valence-corrected chi connectivity index (χ2v) is 9.78. The van der Waals surface area contributed by atoms with Crippen molar-refractivity contribution in [2.24, 2.45) is 0 Å². The Morgan fingerprint density at radius 3 is 1.88 bits per heavy atom. The average molecular weight is 452 g/mol. The third-order valence-electron chi connectivity index (χ3n) is 5.62. The SMILES string of the molecule is O=[N+]([O-])c1cc(S(=O)(=O)N2CCCC2)ccc1N(Cc1ccccc1)Cc1ccccc1. The number of hydrogen-bond donors (Lipinski definition) is 0. The van der Waals surface area contributed by atoms with Gasteiger partial charge in [-0.05, 0) is 36.1 Å². The number of benzene rings is 3. The molecule has 7 nitrogen and oxygen atoms in total. The van der Waals surface area contributed by atoms with Gasteiger partial charge in [0.15, 0.2) is 0 Å². The van der Waals surface area contributed by atoms with Gasteiger partial charge in [-0.15, -0.1) is 0 Å². The van der Waals surface area contributed by atoms with Gasteiger partial charge in [0.05, 0.1) is 9.82 Å². The van der Waals surface area contributed by atoms with Crippen molar-refractivity contribution in [1.29, 1.82) is 0 Å². The maximum absolute atomic E-state index is 13.0. The summed E-state index contributed by atoms with van der Waals surface area (Å²) in [4.78, 5) is 13.4. The quantitative estimate of drug-likeness (QED) is 0.370. The van der Waals surface area contributed by atoms with Crippen LogP contribution in [0.4, 0.5) is 11.4 Å². The summed E-state index contributed by atoms with van der Waals surface area (Å²) in [6, 6.07) is 23.7. The lowest BCUT2D eigenvalue weighted by Crippen LogP contribution is -2.28. The molecule has 166 valence electrons. The van der Waals surface area contributed by atoms with E-state index < -0.39 is 14.9 Å². The minimum Gasteiger partial charge on any atom is -0.357 e. The largest absolute Gasteiger partial charge is 0.357 e. The van der Waals surface area contributed by atoms with Gasteiger partial charge in [0.25, 0.3) is 5.69 Å². The fourth-order valence-electron chi connectivity index (χ4n) is 3.99. The molecule has 0 unspecified atom stereocenters. The van der Waals surface area contributed by atoms with E-state index in [-0.39, 0.29) is 10.6 Å². The van der Waals surface area contributed by atoms with Crippen molar-refractivity contribution in [1.82, 2.24) is 4.31 Å². The van der Waals surface area contributed by atoms with E-state index in [1.54, 1.807) is 6.07 Å². The van der Waals surface area contributed by atoms with Crippen molar-refractivity contribution in [2.45, 2.75) is 30.8 Å². The molecule has 0 saturated carbocycles. The van der Waals surface area contributed by atoms with Crippen molar-refractivity contribution >= 4 is 21.4 Å². The molecule has 32 heavy (non-hydrogen) atoms. The molecule has 0 N–H and O–H groups in total. The molecule has 3 aromatic rings. The number of hydrogen-bond acceptors (Lipinski definition) is 5. The van der Waals surface area contributed by atoms with Crippen molar-refractivity contribution in [3.05, 3.63) is 100 Å². The van der Waals surface area contributed by atoms with Crippen molar-refractivity contribution in [3.63, 3.8) is 0 Å². The molecule has 1 aliphatic heterocycles. The zero-order chi connectivity index (χ0) is 22.6. The molecule has 4 rings (SSSR count). The molecule has 0 amide bonds. The maximum Gasteiger partial charge on any atom is 0.293 e. The van der Waals surface area contributed by atoms with E-state index in [4.69, 9.17) is 0 Å². The number of nitro benzene ring substituents is 1. The third-order valence-corrected chi connectivity index (χ3v) is 7.51. The highest BCUT2D eigenvalue weighted by atomic mass is 32.2. The standard InChI is InChI=1S/C24H25N3O4S/c28-27(29)24-17-22(32(30,31)26-15-7-8-16-26)13-14-23(24)25(18-20-9-3-1-4-10-20)19-21-11-5-2-6-12-21/h1-6,9-14,17H,7-8,15-16,18-19H2. The van der Waals surface area contributed by atoms with Gasteiger partial charge in [0.1, 0.15) is 5.69 Å². The summed E-state index contributed by atoms with van der Waals surface area (Å²) in [5.74, 6) is 0. The summed E-state index contributed by atoms with van der Waals surface area (Å²) in [6.07, 6.45) is 1.61. The number of nitrogens with zero attached hydrogens (tertiary/aromatic N) is 3. The Labute approximate surface area is 188 Å². The van der Waals surface area contributed by atoms with Crippen LogP contribution in [0.25, 0.3) is 0 Å². The summed E-state index contributed by atoms with van der Waals surface area (Å²) in [5, 5.41) is 12.0. The fourth-order valence-corrected chi connectivity index (χ4v) is 5.53. The molecule has 1 fully saturated rings. The predicted molar refractivity (Wildman–Crippen MR) is 124 cm³/mol. The zero-order valence-corrected chi connectivity index (χ0v) is 18.4. The van der Waals surface area contributed by atoms with Crippen LogP contribution in [-0.4, -0.2) is 30.7 Å². The van der Waals surface area contributed by atoms with E-state index >= 15 is 0 Å². The van der Waals surface area contributed by atoms with Crippen LogP contribution in [0.2, 0.25) is 0 Å². The smallest absolute Gasteiger partial charge is 0.293 e. The van der Waals surface area contributed by atoms with Crippen LogP contribution in [-0.2, 0) is 23.1 Å². The second-order valence-electron chi connectivity index (χ2n) is 7.85. The minimum atomic E-state index is -3.74. The Bertz CT molecular complexity index is 1140.